The van der Waals surface area contributed by atoms with Crippen LogP contribution in [0.2, 0.25) is 0 Å². The number of hydrogen-bond acceptors (Lipinski definition) is 3. The Hall–Kier alpha value is -1.62. The highest BCUT2D eigenvalue weighted by molar-refractivity contribution is 7.11. The van der Waals surface area contributed by atoms with Crippen molar-refractivity contribution in [2.24, 2.45) is 5.41 Å². The lowest BCUT2D eigenvalue weighted by Gasteiger charge is -2.23. The Morgan fingerprint density at radius 2 is 2.15 bits per heavy atom. The van der Waals surface area contributed by atoms with Crippen molar-refractivity contribution in [1.82, 2.24) is 5.32 Å². The zero-order valence-corrected chi connectivity index (χ0v) is 12.3. The molecule has 2 rings (SSSR count). The number of carbonyl (C=O) groups excluding carboxylic acids is 1. The van der Waals surface area contributed by atoms with E-state index in [-0.39, 0.29) is 11.3 Å². The van der Waals surface area contributed by atoms with Crippen LogP contribution >= 0.6 is 11.3 Å². The van der Waals surface area contributed by atoms with Gasteiger partial charge in [-0.15, -0.1) is 11.3 Å². The molecule has 0 aromatic carbocycles. The summed E-state index contributed by atoms with van der Waals surface area (Å²) in [5.41, 5.74) is 0.833. The molecule has 1 aromatic heterocycles. The van der Waals surface area contributed by atoms with E-state index >= 15 is 0 Å². The molecule has 1 fully saturated rings. The van der Waals surface area contributed by atoms with E-state index < -0.39 is 5.97 Å². The highest BCUT2D eigenvalue weighted by atomic mass is 32.1. The Bertz CT molecular complexity index is 527. The number of amides is 1. The fourth-order valence-electron chi connectivity index (χ4n) is 2.51. The van der Waals surface area contributed by atoms with Crippen LogP contribution in [0.5, 0.6) is 0 Å². The summed E-state index contributed by atoms with van der Waals surface area (Å²) in [5, 5.41) is 13.3. The van der Waals surface area contributed by atoms with Gasteiger partial charge in [-0.1, -0.05) is 19.8 Å². The molecule has 1 aliphatic carbocycles. The highest BCUT2D eigenvalue weighted by Gasteiger charge is 2.28. The first-order valence-corrected chi connectivity index (χ1v) is 7.64. The summed E-state index contributed by atoms with van der Waals surface area (Å²) in [4.78, 5) is 23.3. The lowest BCUT2D eigenvalue weighted by atomic mass is 9.89. The van der Waals surface area contributed by atoms with Crippen LogP contribution in [-0.2, 0) is 4.79 Å². The van der Waals surface area contributed by atoms with E-state index in [1.165, 1.54) is 43.1 Å². The first-order valence-electron chi connectivity index (χ1n) is 6.76. The molecule has 108 valence electrons. The Morgan fingerprint density at radius 1 is 1.45 bits per heavy atom. The Labute approximate surface area is 122 Å². The van der Waals surface area contributed by atoms with Gasteiger partial charge in [0.25, 0.3) is 5.91 Å². The first kappa shape index (κ1) is 14.8. The van der Waals surface area contributed by atoms with Crippen molar-refractivity contribution in [3.8, 4) is 0 Å². The minimum absolute atomic E-state index is 0.0793. The summed E-state index contributed by atoms with van der Waals surface area (Å²) in [6.45, 7) is 2.93. The molecule has 0 spiro atoms. The lowest BCUT2D eigenvalue weighted by Crippen LogP contribution is -2.33. The van der Waals surface area contributed by atoms with Gasteiger partial charge in [0.2, 0.25) is 0 Å². The Morgan fingerprint density at radius 3 is 2.80 bits per heavy atom. The van der Waals surface area contributed by atoms with Gasteiger partial charge in [0, 0.05) is 22.9 Å². The maximum Gasteiger partial charge on any atom is 0.328 e. The molecule has 0 aliphatic heterocycles. The summed E-state index contributed by atoms with van der Waals surface area (Å²) < 4.78 is 0. The molecular formula is C15H19NO3S. The van der Waals surface area contributed by atoms with Crippen LogP contribution in [0.15, 0.2) is 17.5 Å². The molecule has 0 saturated heterocycles. The number of aliphatic carboxylic acids is 1. The van der Waals surface area contributed by atoms with Crippen molar-refractivity contribution in [2.45, 2.75) is 32.6 Å². The third-order valence-electron chi connectivity index (χ3n) is 3.76. The predicted molar refractivity (Wildman–Crippen MR) is 79.9 cm³/mol. The Balaban J connectivity index is 1.91. The molecule has 0 bridgehead atoms. The third kappa shape index (κ3) is 3.93. The van der Waals surface area contributed by atoms with E-state index in [1.54, 1.807) is 11.4 Å². The monoisotopic (exact) mass is 293 g/mol. The minimum atomic E-state index is -0.987. The van der Waals surface area contributed by atoms with E-state index in [0.717, 1.165) is 11.0 Å². The number of hydrogen-bond donors (Lipinski definition) is 2. The molecule has 4 nitrogen and oxygen atoms in total. The van der Waals surface area contributed by atoms with Gasteiger partial charge in [0.1, 0.15) is 0 Å². The molecule has 20 heavy (non-hydrogen) atoms. The largest absolute Gasteiger partial charge is 0.478 e. The molecule has 1 aliphatic rings. The molecule has 0 unspecified atom stereocenters. The van der Waals surface area contributed by atoms with Gasteiger partial charge in [0.15, 0.2) is 0 Å². The van der Waals surface area contributed by atoms with Crippen LogP contribution in [0.1, 0.15) is 47.8 Å². The topological polar surface area (TPSA) is 66.4 Å². The summed E-state index contributed by atoms with van der Waals surface area (Å²) in [7, 11) is 0. The molecule has 1 heterocycles. The van der Waals surface area contributed by atoms with Crippen LogP contribution in [0, 0.1) is 5.41 Å². The fraction of sp³-hybridized carbons (Fsp3) is 0.467. The van der Waals surface area contributed by atoms with E-state index in [9.17, 15) is 9.59 Å². The maximum atomic E-state index is 12.1. The second kappa shape index (κ2) is 6.22. The SMILES string of the molecule is CC1(CNC(=O)c2csc(C=CC(=O)O)c2)CCCC1. The second-order valence-electron chi connectivity index (χ2n) is 5.61. The van der Waals surface area contributed by atoms with Crippen molar-refractivity contribution in [1.29, 1.82) is 0 Å². The fourth-order valence-corrected chi connectivity index (χ4v) is 3.29. The van der Waals surface area contributed by atoms with Gasteiger partial charge in [-0.25, -0.2) is 4.79 Å². The van der Waals surface area contributed by atoms with Crippen molar-refractivity contribution < 1.29 is 14.7 Å². The van der Waals surface area contributed by atoms with E-state index in [2.05, 4.69) is 12.2 Å². The number of nitrogens with one attached hydrogen (secondary N) is 1. The molecular weight excluding hydrogens is 274 g/mol. The molecule has 1 saturated carbocycles. The minimum Gasteiger partial charge on any atom is -0.478 e. The number of carboxylic acids is 1. The van der Waals surface area contributed by atoms with Gasteiger partial charge in [-0.05, 0) is 30.4 Å². The summed E-state index contributed by atoms with van der Waals surface area (Å²) in [5.74, 6) is -1.07. The standard InChI is InChI=1S/C15H19NO3S/c1-15(6-2-3-7-15)10-16-14(19)11-8-12(20-9-11)4-5-13(17)18/h4-5,8-9H,2-3,6-7,10H2,1H3,(H,16,19)(H,17,18). The molecule has 1 amide bonds. The zero-order chi connectivity index (χ0) is 14.6. The van der Waals surface area contributed by atoms with Crippen molar-refractivity contribution in [3.05, 3.63) is 28.0 Å². The zero-order valence-electron chi connectivity index (χ0n) is 11.5. The summed E-state index contributed by atoms with van der Waals surface area (Å²) in [6, 6.07) is 1.72. The average molecular weight is 293 g/mol. The normalized spacial score (nSPS) is 17.4. The summed E-state index contributed by atoms with van der Waals surface area (Å²) in [6.07, 6.45) is 7.41. The van der Waals surface area contributed by atoms with Crippen LogP contribution in [0.4, 0.5) is 0 Å². The molecule has 0 atom stereocenters. The van der Waals surface area contributed by atoms with Crippen molar-refractivity contribution in [3.63, 3.8) is 0 Å². The number of carbonyl (C=O) groups is 2. The number of carboxylic acid groups (broad SMARTS) is 1. The Kier molecular flexibility index (Phi) is 4.60. The van der Waals surface area contributed by atoms with Crippen molar-refractivity contribution in [2.75, 3.05) is 6.54 Å². The van der Waals surface area contributed by atoms with Gasteiger partial charge >= 0.3 is 5.97 Å². The molecule has 1 aromatic rings. The van der Waals surface area contributed by atoms with Gasteiger partial charge in [0.05, 0.1) is 5.56 Å². The summed E-state index contributed by atoms with van der Waals surface area (Å²) >= 11 is 1.37. The quantitative estimate of drug-likeness (QED) is 0.820. The van der Waals surface area contributed by atoms with Crippen LogP contribution < -0.4 is 5.32 Å². The number of thiophene rings is 1. The van der Waals surface area contributed by atoms with Crippen molar-refractivity contribution >= 4 is 29.3 Å². The van der Waals surface area contributed by atoms with E-state index in [4.69, 9.17) is 5.11 Å². The maximum absolute atomic E-state index is 12.1. The smallest absolute Gasteiger partial charge is 0.328 e. The van der Waals surface area contributed by atoms with Crippen LogP contribution in [0.25, 0.3) is 6.08 Å². The highest BCUT2D eigenvalue weighted by Crippen LogP contribution is 2.36. The molecule has 2 N–H and O–H groups in total. The van der Waals surface area contributed by atoms with Crippen LogP contribution in [-0.4, -0.2) is 23.5 Å². The average Bonchev–Trinajstić information content (AvgIpc) is 3.03. The van der Waals surface area contributed by atoms with E-state index in [1.807, 2.05) is 0 Å². The number of rotatable bonds is 5. The second-order valence-corrected chi connectivity index (χ2v) is 6.55. The molecule has 5 heteroatoms. The van der Waals surface area contributed by atoms with Gasteiger partial charge in [-0.3, -0.25) is 4.79 Å². The molecule has 0 radical (unpaired) electrons. The lowest BCUT2D eigenvalue weighted by molar-refractivity contribution is -0.131. The van der Waals surface area contributed by atoms with Gasteiger partial charge < -0.3 is 10.4 Å². The van der Waals surface area contributed by atoms with E-state index in [0.29, 0.717) is 12.1 Å². The predicted octanol–water partition coefficient (Wildman–Crippen LogP) is 3.16. The van der Waals surface area contributed by atoms with Gasteiger partial charge in [-0.2, -0.15) is 0 Å². The van der Waals surface area contributed by atoms with Crippen LogP contribution in [0.3, 0.4) is 0 Å². The first-order chi connectivity index (χ1) is 9.48. The third-order valence-corrected chi connectivity index (χ3v) is 4.66.